The highest BCUT2D eigenvalue weighted by Crippen LogP contribution is 2.29. The van der Waals surface area contributed by atoms with E-state index >= 15 is 0 Å². The van der Waals surface area contributed by atoms with E-state index in [1.54, 1.807) is 0 Å². The summed E-state index contributed by atoms with van der Waals surface area (Å²) in [4.78, 5) is 0.0473. The maximum atomic E-state index is 12.2. The normalized spacial score (nSPS) is 24.6. The molecule has 1 heterocycles. The zero-order chi connectivity index (χ0) is 13.3. The maximum Gasteiger partial charge on any atom is 0.245 e. The van der Waals surface area contributed by atoms with Crippen molar-refractivity contribution in [1.82, 2.24) is 4.72 Å². The van der Waals surface area contributed by atoms with Crippen molar-refractivity contribution in [1.29, 1.82) is 0 Å². The van der Waals surface area contributed by atoms with Crippen LogP contribution in [0.5, 0.6) is 0 Å². The summed E-state index contributed by atoms with van der Waals surface area (Å²) in [5.41, 5.74) is 0. The Morgan fingerprint density at radius 3 is 2.78 bits per heavy atom. The van der Waals surface area contributed by atoms with E-state index in [9.17, 15) is 8.42 Å². The van der Waals surface area contributed by atoms with E-state index in [0.29, 0.717) is 5.92 Å². The molecule has 0 aliphatic heterocycles. The van der Waals surface area contributed by atoms with E-state index in [1.165, 1.54) is 6.07 Å². The summed E-state index contributed by atoms with van der Waals surface area (Å²) >= 11 is 3.06. The number of nitrogens with one attached hydrogen (secondary N) is 1. The van der Waals surface area contributed by atoms with Gasteiger partial charge in [0.05, 0.1) is 0 Å². The molecule has 0 spiro atoms. The lowest BCUT2D eigenvalue weighted by atomic mass is 10.1. The third-order valence-corrected chi connectivity index (χ3v) is 5.55. The molecule has 2 unspecified atom stereocenters. The van der Waals surface area contributed by atoms with Crippen molar-refractivity contribution in [3.8, 4) is 0 Å². The third-order valence-electron chi connectivity index (χ3n) is 3.17. The van der Waals surface area contributed by atoms with E-state index < -0.39 is 10.0 Å². The minimum Gasteiger partial charge on any atom is -0.450 e. The van der Waals surface area contributed by atoms with Crippen molar-refractivity contribution in [3.05, 3.63) is 16.5 Å². The molecule has 2 rings (SSSR count). The molecule has 0 radical (unpaired) electrons. The lowest BCUT2D eigenvalue weighted by Crippen LogP contribution is -2.32. The Kier molecular flexibility index (Phi) is 4.15. The highest BCUT2D eigenvalue weighted by atomic mass is 79.9. The Hall–Kier alpha value is -0.370. The summed E-state index contributed by atoms with van der Waals surface area (Å²) in [5, 5.41) is 8.93. The van der Waals surface area contributed by atoms with E-state index in [1.807, 2.05) is 0 Å². The predicted octanol–water partition coefficient (Wildman–Crippen LogP) is 2.00. The van der Waals surface area contributed by atoms with Gasteiger partial charge in [-0.15, -0.1) is 0 Å². The molecule has 1 aromatic rings. The van der Waals surface area contributed by atoms with Crippen LogP contribution >= 0.6 is 15.9 Å². The predicted molar refractivity (Wildman–Crippen MR) is 69.5 cm³/mol. The monoisotopic (exact) mass is 337 g/mol. The first-order chi connectivity index (χ1) is 8.42. The second-order valence-corrected chi connectivity index (χ2v) is 7.15. The first-order valence-corrected chi connectivity index (χ1v) is 8.11. The smallest absolute Gasteiger partial charge is 0.245 e. The second kappa shape index (κ2) is 5.32. The quantitative estimate of drug-likeness (QED) is 0.880. The molecular weight excluding hydrogens is 322 g/mol. The molecule has 2 atom stereocenters. The number of furan rings is 1. The number of hydrogen-bond donors (Lipinski definition) is 2. The van der Waals surface area contributed by atoms with Crippen LogP contribution in [-0.2, 0) is 16.6 Å². The summed E-state index contributed by atoms with van der Waals surface area (Å²) in [7, 11) is -3.59. The number of rotatable bonds is 4. The van der Waals surface area contributed by atoms with Crippen LogP contribution in [0.4, 0.5) is 0 Å². The van der Waals surface area contributed by atoms with Gasteiger partial charge >= 0.3 is 0 Å². The molecular formula is C11H16BrNO4S. The molecule has 7 heteroatoms. The fourth-order valence-electron chi connectivity index (χ4n) is 2.26. The molecule has 0 saturated heterocycles. The molecule has 1 aromatic heterocycles. The fourth-order valence-corrected chi connectivity index (χ4v) is 4.54. The number of aliphatic hydroxyl groups excluding tert-OH is 1. The molecule has 0 aromatic carbocycles. The number of hydrogen-bond acceptors (Lipinski definition) is 4. The largest absolute Gasteiger partial charge is 0.450 e. The third kappa shape index (κ3) is 2.96. The van der Waals surface area contributed by atoms with Crippen LogP contribution in [0.1, 0.15) is 31.9 Å². The lowest BCUT2D eigenvalue weighted by Gasteiger charge is -2.11. The summed E-state index contributed by atoms with van der Waals surface area (Å²) in [6.07, 6.45) is 2.77. The van der Waals surface area contributed by atoms with Crippen LogP contribution in [0, 0.1) is 5.92 Å². The van der Waals surface area contributed by atoms with Gasteiger partial charge in [-0.05, 0) is 41.1 Å². The van der Waals surface area contributed by atoms with Crippen LogP contribution in [-0.4, -0.2) is 19.6 Å². The van der Waals surface area contributed by atoms with Crippen molar-refractivity contribution in [2.75, 3.05) is 0 Å². The summed E-state index contributed by atoms with van der Waals surface area (Å²) in [5.74, 6) is 0.778. The van der Waals surface area contributed by atoms with Gasteiger partial charge in [-0.25, -0.2) is 13.1 Å². The van der Waals surface area contributed by atoms with Crippen molar-refractivity contribution in [2.24, 2.45) is 5.92 Å². The highest BCUT2D eigenvalue weighted by Gasteiger charge is 2.29. The first-order valence-electron chi connectivity index (χ1n) is 5.83. The van der Waals surface area contributed by atoms with Crippen LogP contribution in [0.15, 0.2) is 20.0 Å². The van der Waals surface area contributed by atoms with Gasteiger partial charge in [-0.3, -0.25) is 0 Å². The van der Waals surface area contributed by atoms with E-state index in [2.05, 4.69) is 27.6 Å². The van der Waals surface area contributed by atoms with Gasteiger partial charge in [-0.2, -0.15) is 0 Å². The SMILES string of the molecule is CC1CCC(NS(=O)(=O)c2cc(CO)oc2Br)C1. The van der Waals surface area contributed by atoms with Gasteiger partial charge in [-0.1, -0.05) is 6.92 Å². The summed E-state index contributed by atoms with van der Waals surface area (Å²) in [6.45, 7) is 1.79. The van der Waals surface area contributed by atoms with Crippen molar-refractivity contribution < 1.29 is 17.9 Å². The van der Waals surface area contributed by atoms with Gasteiger partial charge in [0.1, 0.15) is 17.3 Å². The van der Waals surface area contributed by atoms with Crippen LogP contribution in [0.2, 0.25) is 0 Å². The van der Waals surface area contributed by atoms with E-state index in [4.69, 9.17) is 9.52 Å². The summed E-state index contributed by atoms with van der Waals surface area (Å²) < 4.78 is 32.2. The van der Waals surface area contributed by atoms with Crippen LogP contribution in [0.25, 0.3) is 0 Å². The molecule has 1 saturated carbocycles. The number of aliphatic hydroxyl groups is 1. The number of sulfonamides is 1. The molecule has 1 aliphatic carbocycles. The van der Waals surface area contributed by atoms with Crippen LogP contribution in [0.3, 0.4) is 0 Å². The van der Waals surface area contributed by atoms with Gasteiger partial charge in [0.25, 0.3) is 0 Å². The zero-order valence-electron chi connectivity index (χ0n) is 10.0. The van der Waals surface area contributed by atoms with Crippen molar-refractivity contribution in [2.45, 2.75) is 43.7 Å². The van der Waals surface area contributed by atoms with Gasteiger partial charge < -0.3 is 9.52 Å². The zero-order valence-corrected chi connectivity index (χ0v) is 12.4. The molecule has 18 heavy (non-hydrogen) atoms. The van der Waals surface area contributed by atoms with Gasteiger partial charge in [0.2, 0.25) is 10.0 Å². The van der Waals surface area contributed by atoms with Crippen LogP contribution < -0.4 is 4.72 Å². The topological polar surface area (TPSA) is 79.5 Å². The Morgan fingerprint density at radius 2 is 2.28 bits per heavy atom. The Labute approximate surface area is 115 Å². The average molecular weight is 338 g/mol. The minimum atomic E-state index is -3.59. The lowest BCUT2D eigenvalue weighted by molar-refractivity contribution is 0.245. The Morgan fingerprint density at radius 1 is 1.56 bits per heavy atom. The molecule has 1 aliphatic rings. The van der Waals surface area contributed by atoms with Crippen molar-refractivity contribution in [3.63, 3.8) is 0 Å². The maximum absolute atomic E-state index is 12.2. The Bertz CT molecular complexity index is 525. The molecule has 2 N–H and O–H groups in total. The molecule has 0 amide bonds. The molecule has 5 nitrogen and oxygen atoms in total. The van der Waals surface area contributed by atoms with Gasteiger partial charge in [0, 0.05) is 12.1 Å². The van der Waals surface area contributed by atoms with E-state index in [-0.39, 0.29) is 28.0 Å². The minimum absolute atomic E-state index is 0.00984. The van der Waals surface area contributed by atoms with E-state index in [0.717, 1.165) is 19.3 Å². The molecule has 1 fully saturated rings. The second-order valence-electron chi connectivity index (χ2n) is 4.75. The fraction of sp³-hybridized carbons (Fsp3) is 0.636. The molecule has 0 bridgehead atoms. The van der Waals surface area contributed by atoms with Crippen molar-refractivity contribution >= 4 is 26.0 Å². The average Bonchev–Trinajstić information content (AvgIpc) is 2.84. The number of halogens is 1. The molecule has 102 valence electrons. The Balaban J connectivity index is 2.17. The highest BCUT2D eigenvalue weighted by molar-refractivity contribution is 9.10. The van der Waals surface area contributed by atoms with Gasteiger partial charge in [0.15, 0.2) is 4.67 Å². The first kappa shape index (κ1) is 14.0. The standard InChI is InChI=1S/C11H16BrNO4S/c1-7-2-3-8(4-7)13-18(15,16)10-5-9(6-14)17-11(10)12/h5,7-8,13-14H,2-4,6H2,1H3. The summed E-state index contributed by atoms with van der Waals surface area (Å²) in [6, 6.07) is 1.33.